The minimum Gasteiger partial charge on any atom is -0.497 e. The highest BCUT2D eigenvalue weighted by Gasteiger charge is 2.27. The van der Waals surface area contributed by atoms with Gasteiger partial charge >= 0.3 is 0 Å². The van der Waals surface area contributed by atoms with Crippen LogP contribution in [0.3, 0.4) is 0 Å². The van der Waals surface area contributed by atoms with E-state index in [0.717, 1.165) is 9.87 Å². The first-order valence-electron chi connectivity index (χ1n) is 12.3. The quantitative estimate of drug-likeness (QED) is 0.258. The van der Waals surface area contributed by atoms with Gasteiger partial charge < -0.3 is 14.8 Å². The lowest BCUT2D eigenvalue weighted by atomic mass is 10.2. The number of carbonyl (C=O) groups excluding carboxylic acids is 1. The summed E-state index contributed by atoms with van der Waals surface area (Å²) in [7, 11) is -5.05. The van der Waals surface area contributed by atoms with Crippen LogP contribution in [0.5, 0.6) is 11.5 Å². The predicted molar refractivity (Wildman–Crippen MR) is 158 cm³/mol. The molecule has 4 rings (SSSR count). The monoisotopic (exact) mass is 595 g/mol. The second kappa shape index (κ2) is 12.3. The third-order valence-electron chi connectivity index (χ3n) is 6.03. The summed E-state index contributed by atoms with van der Waals surface area (Å²) in [6, 6.07) is 24.6. The molecule has 0 aliphatic heterocycles. The zero-order valence-electron chi connectivity index (χ0n) is 22.6. The second-order valence-electron chi connectivity index (χ2n) is 8.93. The van der Waals surface area contributed by atoms with Gasteiger partial charge in [-0.15, -0.1) is 0 Å². The van der Waals surface area contributed by atoms with Gasteiger partial charge in [-0.1, -0.05) is 23.8 Å². The van der Waals surface area contributed by atoms with Gasteiger partial charge in [-0.3, -0.25) is 13.8 Å². The molecule has 0 heterocycles. The number of benzene rings is 4. The fourth-order valence-corrected chi connectivity index (χ4v) is 6.31. The maximum absolute atomic E-state index is 13.6. The molecule has 0 bridgehead atoms. The van der Waals surface area contributed by atoms with E-state index in [4.69, 9.17) is 9.47 Å². The van der Waals surface area contributed by atoms with E-state index in [1.54, 1.807) is 54.6 Å². The largest absolute Gasteiger partial charge is 0.497 e. The molecular weight excluding hydrogens is 566 g/mol. The van der Waals surface area contributed by atoms with Gasteiger partial charge in [0.1, 0.15) is 18.0 Å². The fraction of sp³-hybridized carbons (Fsp3) is 0.138. The molecule has 0 aromatic heterocycles. The van der Waals surface area contributed by atoms with E-state index in [0.29, 0.717) is 17.2 Å². The molecule has 0 aliphatic carbocycles. The molecule has 4 aromatic carbocycles. The Morgan fingerprint density at radius 2 is 1.32 bits per heavy atom. The molecule has 0 saturated heterocycles. The number of hydrogen-bond donors (Lipinski definition) is 2. The predicted octanol–water partition coefficient (Wildman–Crippen LogP) is 4.65. The molecule has 41 heavy (non-hydrogen) atoms. The number of hydrogen-bond acceptors (Lipinski definition) is 7. The van der Waals surface area contributed by atoms with Crippen LogP contribution < -0.4 is 23.8 Å². The number of anilines is 3. The molecule has 0 spiro atoms. The van der Waals surface area contributed by atoms with E-state index in [9.17, 15) is 21.6 Å². The average Bonchev–Trinajstić information content (AvgIpc) is 2.96. The number of nitrogens with one attached hydrogen (secondary N) is 2. The SMILES string of the molecule is COc1ccc(NS(=O)(=O)c2ccc(NC(=O)CN(c3cccc(OC)c3)S(=O)(=O)c3ccc(C)cc3)cc2)cc1. The Bertz CT molecular complexity index is 1720. The van der Waals surface area contributed by atoms with Crippen LogP contribution >= 0.6 is 0 Å². The van der Waals surface area contributed by atoms with Crippen LogP contribution in [-0.4, -0.2) is 43.5 Å². The van der Waals surface area contributed by atoms with Gasteiger partial charge in [-0.25, -0.2) is 16.8 Å². The molecule has 12 heteroatoms. The van der Waals surface area contributed by atoms with Crippen LogP contribution in [0, 0.1) is 6.92 Å². The minimum atomic E-state index is -4.12. The zero-order chi connectivity index (χ0) is 29.6. The van der Waals surface area contributed by atoms with E-state index in [1.165, 1.54) is 56.7 Å². The molecule has 1 amide bonds. The van der Waals surface area contributed by atoms with Crippen molar-refractivity contribution in [2.24, 2.45) is 0 Å². The molecule has 10 nitrogen and oxygen atoms in total. The molecule has 0 saturated carbocycles. The first-order valence-corrected chi connectivity index (χ1v) is 15.2. The Morgan fingerprint density at radius 3 is 1.93 bits per heavy atom. The maximum Gasteiger partial charge on any atom is 0.264 e. The van der Waals surface area contributed by atoms with Crippen molar-refractivity contribution < 1.29 is 31.1 Å². The highest BCUT2D eigenvalue weighted by atomic mass is 32.2. The summed E-state index contributed by atoms with van der Waals surface area (Å²) in [5.74, 6) is 0.382. The van der Waals surface area contributed by atoms with Gasteiger partial charge in [0.05, 0.1) is 29.7 Å². The summed E-state index contributed by atoms with van der Waals surface area (Å²) >= 11 is 0. The second-order valence-corrected chi connectivity index (χ2v) is 12.5. The smallest absolute Gasteiger partial charge is 0.264 e. The van der Waals surface area contributed by atoms with Gasteiger partial charge in [0.2, 0.25) is 5.91 Å². The van der Waals surface area contributed by atoms with Gasteiger partial charge in [-0.2, -0.15) is 0 Å². The maximum atomic E-state index is 13.6. The molecule has 4 aromatic rings. The van der Waals surface area contributed by atoms with Crippen molar-refractivity contribution in [2.45, 2.75) is 16.7 Å². The number of carbonyl (C=O) groups is 1. The normalized spacial score (nSPS) is 11.4. The zero-order valence-corrected chi connectivity index (χ0v) is 24.2. The molecule has 2 N–H and O–H groups in total. The van der Waals surface area contributed by atoms with Crippen LogP contribution in [0.4, 0.5) is 17.1 Å². The van der Waals surface area contributed by atoms with E-state index in [1.807, 2.05) is 6.92 Å². The summed E-state index contributed by atoms with van der Waals surface area (Å²) in [6.45, 7) is 1.30. The lowest BCUT2D eigenvalue weighted by molar-refractivity contribution is -0.114. The van der Waals surface area contributed by atoms with Crippen LogP contribution in [0.2, 0.25) is 0 Å². The first-order chi connectivity index (χ1) is 19.5. The van der Waals surface area contributed by atoms with Crippen LogP contribution in [-0.2, 0) is 24.8 Å². The van der Waals surface area contributed by atoms with Gasteiger partial charge in [0.25, 0.3) is 20.0 Å². The van der Waals surface area contributed by atoms with Crippen LogP contribution in [0.25, 0.3) is 0 Å². The topological polar surface area (TPSA) is 131 Å². The van der Waals surface area contributed by atoms with Crippen molar-refractivity contribution in [3.63, 3.8) is 0 Å². The van der Waals surface area contributed by atoms with Crippen molar-refractivity contribution in [1.29, 1.82) is 0 Å². The highest BCUT2D eigenvalue weighted by Crippen LogP contribution is 2.27. The van der Waals surface area contributed by atoms with Crippen molar-refractivity contribution in [3.8, 4) is 11.5 Å². The lowest BCUT2D eigenvalue weighted by Gasteiger charge is -2.24. The highest BCUT2D eigenvalue weighted by molar-refractivity contribution is 7.93. The third-order valence-corrected chi connectivity index (χ3v) is 9.21. The summed E-state index contributed by atoms with van der Waals surface area (Å²) in [6.07, 6.45) is 0. The summed E-state index contributed by atoms with van der Waals surface area (Å²) in [4.78, 5) is 13.1. The van der Waals surface area contributed by atoms with E-state index < -0.39 is 32.5 Å². The van der Waals surface area contributed by atoms with Gasteiger partial charge in [-0.05, 0) is 79.7 Å². The number of sulfonamides is 2. The van der Waals surface area contributed by atoms with Gasteiger partial charge in [0, 0.05) is 17.4 Å². The van der Waals surface area contributed by atoms with E-state index >= 15 is 0 Å². The molecule has 0 radical (unpaired) electrons. The van der Waals surface area contributed by atoms with Crippen molar-refractivity contribution >= 4 is 43.0 Å². The Kier molecular flexibility index (Phi) is 8.84. The Hall–Kier alpha value is -4.55. The summed E-state index contributed by atoms with van der Waals surface area (Å²) in [5.41, 5.74) is 1.78. The Morgan fingerprint density at radius 1 is 0.732 bits per heavy atom. The Labute approximate surface area is 239 Å². The van der Waals surface area contributed by atoms with E-state index in [-0.39, 0.29) is 21.2 Å². The minimum absolute atomic E-state index is 0.0220. The number of rotatable bonds is 11. The molecule has 0 aliphatic rings. The number of ether oxygens (including phenoxy) is 2. The van der Waals surface area contributed by atoms with Crippen molar-refractivity contribution in [2.75, 3.05) is 35.1 Å². The number of methoxy groups -OCH3 is 2. The number of amides is 1. The Balaban J connectivity index is 1.53. The standard InChI is InChI=1S/C29H29N3O7S2/c1-21-7-15-28(16-8-21)41(36,37)32(24-5-4-6-26(19-24)39-3)20-29(33)30-22-11-17-27(18-12-22)40(34,35)31-23-9-13-25(38-2)14-10-23/h4-19,31H,20H2,1-3H3,(H,30,33). The molecule has 0 fully saturated rings. The van der Waals surface area contributed by atoms with Crippen molar-refractivity contribution in [3.05, 3.63) is 103 Å². The molecular formula is C29H29N3O7S2. The fourth-order valence-electron chi connectivity index (χ4n) is 3.84. The first kappa shape index (κ1) is 29.4. The number of nitrogens with zero attached hydrogens (tertiary/aromatic N) is 1. The van der Waals surface area contributed by atoms with E-state index in [2.05, 4.69) is 10.0 Å². The number of aryl methyl sites for hydroxylation is 1. The summed E-state index contributed by atoms with van der Waals surface area (Å²) in [5, 5.41) is 2.64. The molecule has 214 valence electrons. The average molecular weight is 596 g/mol. The third kappa shape index (κ3) is 7.16. The summed E-state index contributed by atoms with van der Waals surface area (Å²) < 4.78 is 66.6. The van der Waals surface area contributed by atoms with Crippen LogP contribution in [0.1, 0.15) is 5.56 Å². The molecule has 0 atom stereocenters. The molecule has 0 unspecified atom stereocenters. The van der Waals surface area contributed by atoms with Gasteiger partial charge in [0.15, 0.2) is 0 Å². The van der Waals surface area contributed by atoms with Crippen molar-refractivity contribution in [1.82, 2.24) is 0 Å². The lowest BCUT2D eigenvalue weighted by Crippen LogP contribution is -2.38. The van der Waals surface area contributed by atoms with Crippen LogP contribution in [0.15, 0.2) is 107 Å².